The van der Waals surface area contributed by atoms with Crippen molar-refractivity contribution in [2.45, 2.75) is 19.3 Å². The van der Waals surface area contributed by atoms with Crippen LogP contribution in [0, 0.1) is 11.3 Å². The molecule has 2 nitrogen and oxygen atoms in total. The van der Waals surface area contributed by atoms with Crippen molar-refractivity contribution >= 4 is 0 Å². The van der Waals surface area contributed by atoms with E-state index in [1.54, 1.807) is 6.20 Å². The molecule has 1 aromatic heterocycles. The van der Waals surface area contributed by atoms with E-state index in [4.69, 9.17) is 5.26 Å². The smallest absolute Gasteiger partial charge is 0.101 e. The van der Waals surface area contributed by atoms with E-state index in [9.17, 15) is 0 Å². The lowest BCUT2D eigenvalue weighted by molar-refractivity contribution is 0.991. The highest BCUT2D eigenvalue weighted by molar-refractivity contribution is 5.34. The van der Waals surface area contributed by atoms with E-state index in [-0.39, 0.29) is 0 Å². The van der Waals surface area contributed by atoms with Crippen molar-refractivity contribution in [1.82, 2.24) is 4.98 Å². The van der Waals surface area contributed by atoms with Crippen LogP contribution in [0.5, 0.6) is 0 Å². The van der Waals surface area contributed by atoms with Gasteiger partial charge in [0, 0.05) is 12.4 Å². The summed E-state index contributed by atoms with van der Waals surface area (Å²) in [6.07, 6.45) is 13.1. The zero-order chi connectivity index (χ0) is 10.5. The molecule has 1 heterocycles. The van der Waals surface area contributed by atoms with Gasteiger partial charge in [-0.2, -0.15) is 5.26 Å². The lowest BCUT2D eigenvalue weighted by atomic mass is 10.0. The van der Waals surface area contributed by atoms with Crippen molar-refractivity contribution in [3.8, 4) is 6.07 Å². The molecule has 0 amide bonds. The van der Waals surface area contributed by atoms with Gasteiger partial charge in [-0.15, -0.1) is 0 Å². The molecule has 0 unspecified atom stereocenters. The molecule has 0 atom stereocenters. The summed E-state index contributed by atoms with van der Waals surface area (Å²) in [5.41, 5.74) is 3.05. The Morgan fingerprint density at radius 1 is 1.33 bits per heavy atom. The molecule has 0 saturated carbocycles. The van der Waals surface area contributed by atoms with Crippen LogP contribution in [0.4, 0.5) is 0 Å². The molecule has 15 heavy (non-hydrogen) atoms. The monoisotopic (exact) mass is 196 g/mol. The zero-order valence-corrected chi connectivity index (χ0v) is 8.48. The van der Waals surface area contributed by atoms with Crippen molar-refractivity contribution in [3.63, 3.8) is 0 Å². The first kappa shape index (κ1) is 9.67. The second-order valence-corrected chi connectivity index (χ2v) is 3.63. The highest BCUT2D eigenvalue weighted by Gasteiger charge is 2.01. The van der Waals surface area contributed by atoms with Gasteiger partial charge in [-0.05, 0) is 36.5 Å². The van der Waals surface area contributed by atoms with E-state index in [0.717, 1.165) is 24.8 Å². The number of hydrogen-bond donors (Lipinski definition) is 0. The van der Waals surface area contributed by atoms with Gasteiger partial charge < -0.3 is 0 Å². The molecule has 0 spiro atoms. The van der Waals surface area contributed by atoms with Crippen LogP contribution in [-0.2, 0) is 6.42 Å². The zero-order valence-electron chi connectivity index (χ0n) is 8.48. The van der Waals surface area contributed by atoms with E-state index in [2.05, 4.69) is 29.3 Å². The van der Waals surface area contributed by atoms with Crippen molar-refractivity contribution in [3.05, 3.63) is 53.4 Å². The van der Waals surface area contributed by atoms with Gasteiger partial charge >= 0.3 is 0 Å². The molecule has 1 aliphatic carbocycles. The minimum absolute atomic E-state index is 0.632. The summed E-state index contributed by atoms with van der Waals surface area (Å²) in [5.74, 6) is 0. The fourth-order valence-corrected chi connectivity index (χ4v) is 1.68. The summed E-state index contributed by atoms with van der Waals surface area (Å²) in [5, 5.41) is 8.75. The number of hydrogen-bond acceptors (Lipinski definition) is 2. The summed E-state index contributed by atoms with van der Waals surface area (Å²) < 4.78 is 0. The number of rotatable bonds is 2. The van der Waals surface area contributed by atoms with Crippen molar-refractivity contribution < 1.29 is 0 Å². The summed E-state index contributed by atoms with van der Waals surface area (Å²) in [4.78, 5) is 4.05. The minimum Gasteiger partial charge on any atom is -0.263 e. The minimum atomic E-state index is 0.632. The molecule has 74 valence electrons. The van der Waals surface area contributed by atoms with Crippen LogP contribution in [0.2, 0.25) is 0 Å². The van der Waals surface area contributed by atoms with Gasteiger partial charge in [-0.3, -0.25) is 4.98 Å². The highest BCUT2D eigenvalue weighted by Crippen LogP contribution is 2.15. The predicted octanol–water partition coefficient (Wildman–Crippen LogP) is 2.77. The molecule has 0 N–H and O–H groups in total. The Morgan fingerprint density at radius 2 is 2.27 bits per heavy atom. The fraction of sp³-hybridized carbons (Fsp3) is 0.231. The van der Waals surface area contributed by atoms with Gasteiger partial charge in [0.25, 0.3) is 0 Å². The van der Waals surface area contributed by atoms with Crippen molar-refractivity contribution in [1.29, 1.82) is 5.26 Å². The lowest BCUT2D eigenvalue weighted by Crippen LogP contribution is -1.93. The first-order valence-corrected chi connectivity index (χ1v) is 5.08. The standard InChI is InChI=1S/C13H12N2/c14-8-13-7-12(9-15-10-13)6-11-4-2-1-3-5-11/h2,4-5,7,9-10H,1,3,6H2. The molecule has 0 aliphatic heterocycles. The van der Waals surface area contributed by atoms with Gasteiger partial charge in [0.1, 0.15) is 6.07 Å². The van der Waals surface area contributed by atoms with Gasteiger partial charge in [0.2, 0.25) is 0 Å². The highest BCUT2D eigenvalue weighted by atomic mass is 14.6. The molecule has 2 rings (SSSR count). The average Bonchev–Trinajstić information content (AvgIpc) is 2.31. The van der Waals surface area contributed by atoms with Gasteiger partial charge in [-0.1, -0.05) is 18.2 Å². The predicted molar refractivity (Wildman–Crippen MR) is 59.1 cm³/mol. The first-order valence-electron chi connectivity index (χ1n) is 5.08. The third-order valence-electron chi connectivity index (χ3n) is 2.40. The van der Waals surface area contributed by atoms with Gasteiger partial charge in [0.15, 0.2) is 0 Å². The van der Waals surface area contributed by atoms with Crippen LogP contribution >= 0.6 is 0 Å². The van der Waals surface area contributed by atoms with Crippen LogP contribution in [0.15, 0.2) is 42.3 Å². The molecular weight excluding hydrogens is 184 g/mol. The number of nitriles is 1. The van der Waals surface area contributed by atoms with Crippen LogP contribution in [-0.4, -0.2) is 4.98 Å². The van der Waals surface area contributed by atoms with Crippen molar-refractivity contribution in [2.75, 3.05) is 0 Å². The Hall–Kier alpha value is -1.88. The van der Waals surface area contributed by atoms with E-state index < -0.39 is 0 Å². The Labute approximate surface area is 89.6 Å². The van der Waals surface area contributed by atoms with Crippen LogP contribution in [0.1, 0.15) is 24.0 Å². The van der Waals surface area contributed by atoms with Crippen molar-refractivity contribution in [2.24, 2.45) is 0 Å². The van der Waals surface area contributed by atoms with E-state index in [1.807, 2.05) is 12.3 Å². The quantitative estimate of drug-likeness (QED) is 0.729. The maximum Gasteiger partial charge on any atom is 0.101 e. The van der Waals surface area contributed by atoms with Gasteiger partial charge in [0.05, 0.1) is 5.56 Å². The van der Waals surface area contributed by atoms with E-state index in [1.165, 1.54) is 5.57 Å². The number of pyridine rings is 1. The average molecular weight is 196 g/mol. The molecule has 1 aromatic rings. The normalized spacial score (nSPS) is 14.5. The molecule has 0 bridgehead atoms. The second kappa shape index (κ2) is 4.56. The largest absolute Gasteiger partial charge is 0.263 e. The fourth-order valence-electron chi connectivity index (χ4n) is 1.68. The van der Waals surface area contributed by atoms with E-state index >= 15 is 0 Å². The first-order chi connectivity index (χ1) is 7.38. The van der Waals surface area contributed by atoms with E-state index in [0.29, 0.717) is 5.56 Å². The molecule has 0 aromatic carbocycles. The van der Waals surface area contributed by atoms with Crippen LogP contribution in [0.3, 0.4) is 0 Å². The number of allylic oxidation sites excluding steroid dienone is 4. The molecule has 0 saturated heterocycles. The number of aromatic nitrogens is 1. The molecule has 1 aliphatic rings. The third kappa shape index (κ3) is 2.54. The molecule has 0 radical (unpaired) electrons. The maximum absolute atomic E-state index is 8.75. The third-order valence-corrected chi connectivity index (χ3v) is 2.40. The summed E-state index contributed by atoms with van der Waals surface area (Å²) in [6.45, 7) is 0. The Bertz CT molecular complexity index is 450. The maximum atomic E-state index is 8.75. The Morgan fingerprint density at radius 3 is 3.00 bits per heavy atom. The topological polar surface area (TPSA) is 36.7 Å². The van der Waals surface area contributed by atoms with Crippen LogP contribution < -0.4 is 0 Å². The molecule has 2 heteroatoms. The number of nitrogens with zero attached hydrogens (tertiary/aromatic N) is 2. The Balaban J connectivity index is 2.14. The molecule has 0 fully saturated rings. The molecular formula is C13H12N2. The SMILES string of the molecule is N#Cc1cncc(CC2=CCCC=C2)c1. The summed E-state index contributed by atoms with van der Waals surface area (Å²) in [6, 6.07) is 4.00. The lowest BCUT2D eigenvalue weighted by Gasteiger charge is -2.06. The van der Waals surface area contributed by atoms with Gasteiger partial charge in [-0.25, -0.2) is 0 Å². The summed E-state index contributed by atoms with van der Waals surface area (Å²) in [7, 11) is 0. The second-order valence-electron chi connectivity index (χ2n) is 3.63. The Kier molecular flexibility index (Phi) is 2.94. The summed E-state index contributed by atoms with van der Waals surface area (Å²) >= 11 is 0. The van der Waals surface area contributed by atoms with Crippen LogP contribution in [0.25, 0.3) is 0 Å².